The summed E-state index contributed by atoms with van der Waals surface area (Å²) in [4.78, 5) is 9.03. The first-order valence-corrected chi connectivity index (χ1v) is 8.26. The SMILES string of the molecule is CCc1cccc(NC(N)=NCc2nc3cc(OC)ccc3n2C)c1.I. The molecule has 0 unspecified atom stereocenters. The van der Waals surface area contributed by atoms with Crippen LogP contribution in [0.2, 0.25) is 0 Å². The Labute approximate surface area is 170 Å². The van der Waals surface area contributed by atoms with E-state index in [1.807, 2.05) is 41.9 Å². The maximum absolute atomic E-state index is 6.02. The lowest BCUT2D eigenvalue weighted by Gasteiger charge is -2.07. The number of aromatic nitrogens is 2. The molecule has 0 atom stereocenters. The van der Waals surface area contributed by atoms with Crippen LogP contribution in [0.1, 0.15) is 18.3 Å². The summed E-state index contributed by atoms with van der Waals surface area (Å²) in [5, 5.41) is 3.13. The van der Waals surface area contributed by atoms with Crippen molar-refractivity contribution in [3.63, 3.8) is 0 Å². The first-order valence-electron chi connectivity index (χ1n) is 8.26. The number of nitrogens with one attached hydrogen (secondary N) is 1. The molecule has 7 heteroatoms. The fourth-order valence-corrected chi connectivity index (χ4v) is 2.71. The number of hydrogen-bond donors (Lipinski definition) is 2. The van der Waals surface area contributed by atoms with E-state index in [0.717, 1.165) is 34.7 Å². The number of hydrogen-bond acceptors (Lipinski definition) is 3. The second-order valence-electron chi connectivity index (χ2n) is 5.82. The maximum Gasteiger partial charge on any atom is 0.193 e. The molecular formula is C19H24IN5O. The van der Waals surface area contributed by atoms with Crippen molar-refractivity contribution in [2.75, 3.05) is 12.4 Å². The quantitative estimate of drug-likeness (QED) is 0.343. The molecule has 0 amide bonds. The Morgan fingerprint density at radius 1 is 1.27 bits per heavy atom. The molecule has 0 radical (unpaired) electrons. The van der Waals surface area contributed by atoms with E-state index in [4.69, 9.17) is 10.5 Å². The average molecular weight is 465 g/mol. The van der Waals surface area contributed by atoms with Gasteiger partial charge in [0, 0.05) is 18.8 Å². The molecule has 0 aliphatic carbocycles. The Morgan fingerprint density at radius 3 is 2.81 bits per heavy atom. The lowest BCUT2D eigenvalue weighted by molar-refractivity contribution is 0.415. The van der Waals surface area contributed by atoms with Gasteiger partial charge in [-0.15, -0.1) is 24.0 Å². The molecule has 0 fully saturated rings. The zero-order valence-corrected chi connectivity index (χ0v) is 17.5. The van der Waals surface area contributed by atoms with E-state index >= 15 is 0 Å². The van der Waals surface area contributed by atoms with Gasteiger partial charge in [0.05, 0.1) is 18.1 Å². The van der Waals surface area contributed by atoms with E-state index in [1.54, 1.807) is 7.11 Å². The number of imidazole rings is 1. The normalized spacial score (nSPS) is 11.3. The monoisotopic (exact) mass is 465 g/mol. The second kappa shape index (κ2) is 8.88. The molecule has 6 nitrogen and oxygen atoms in total. The molecule has 0 aliphatic heterocycles. The zero-order valence-electron chi connectivity index (χ0n) is 15.2. The second-order valence-corrected chi connectivity index (χ2v) is 5.82. The number of ether oxygens (including phenoxy) is 1. The molecule has 0 saturated carbocycles. The summed E-state index contributed by atoms with van der Waals surface area (Å²) < 4.78 is 7.27. The van der Waals surface area contributed by atoms with Crippen molar-refractivity contribution in [1.29, 1.82) is 0 Å². The van der Waals surface area contributed by atoms with Crippen LogP contribution in [0.4, 0.5) is 5.69 Å². The first-order chi connectivity index (χ1) is 12.1. The summed E-state index contributed by atoms with van der Waals surface area (Å²) in [6.07, 6.45) is 0.982. The Balaban J connectivity index is 0.00000243. The van der Waals surface area contributed by atoms with E-state index in [-0.39, 0.29) is 24.0 Å². The highest BCUT2D eigenvalue weighted by atomic mass is 127. The van der Waals surface area contributed by atoms with Gasteiger partial charge < -0.3 is 20.4 Å². The Kier molecular flexibility index (Phi) is 6.84. The van der Waals surface area contributed by atoms with Gasteiger partial charge >= 0.3 is 0 Å². The number of nitrogens with zero attached hydrogens (tertiary/aromatic N) is 3. The van der Waals surface area contributed by atoms with Gasteiger partial charge in [0.25, 0.3) is 0 Å². The van der Waals surface area contributed by atoms with Crippen molar-refractivity contribution in [3.8, 4) is 5.75 Å². The van der Waals surface area contributed by atoms with E-state index in [0.29, 0.717) is 12.5 Å². The molecule has 0 saturated heterocycles. The van der Waals surface area contributed by atoms with Gasteiger partial charge in [0.1, 0.15) is 18.1 Å². The molecule has 0 spiro atoms. The molecule has 0 aliphatic rings. The minimum atomic E-state index is 0. The van der Waals surface area contributed by atoms with E-state index in [1.165, 1.54) is 5.56 Å². The highest BCUT2D eigenvalue weighted by molar-refractivity contribution is 14.0. The maximum atomic E-state index is 6.02. The van der Waals surface area contributed by atoms with E-state index in [9.17, 15) is 0 Å². The van der Waals surface area contributed by atoms with Crippen LogP contribution in [0.15, 0.2) is 47.5 Å². The molecule has 138 valence electrons. The first kappa shape index (κ1) is 20.0. The average Bonchev–Trinajstić information content (AvgIpc) is 2.95. The van der Waals surface area contributed by atoms with Crippen LogP contribution < -0.4 is 15.8 Å². The lowest BCUT2D eigenvalue weighted by Crippen LogP contribution is -2.22. The number of aryl methyl sites for hydroxylation is 2. The predicted octanol–water partition coefficient (Wildman–Crippen LogP) is 3.69. The smallest absolute Gasteiger partial charge is 0.193 e. The summed E-state index contributed by atoms with van der Waals surface area (Å²) >= 11 is 0. The fraction of sp³-hybridized carbons (Fsp3) is 0.263. The van der Waals surface area contributed by atoms with Gasteiger partial charge in [-0.25, -0.2) is 9.98 Å². The molecule has 1 aromatic heterocycles. The van der Waals surface area contributed by atoms with Crippen LogP contribution in [0, 0.1) is 0 Å². The topological polar surface area (TPSA) is 77.5 Å². The van der Waals surface area contributed by atoms with Crippen LogP contribution in [0.3, 0.4) is 0 Å². The van der Waals surface area contributed by atoms with Crippen molar-refractivity contribution in [1.82, 2.24) is 9.55 Å². The fourth-order valence-electron chi connectivity index (χ4n) is 2.71. The zero-order chi connectivity index (χ0) is 17.8. The summed E-state index contributed by atoms with van der Waals surface area (Å²) in [7, 11) is 3.62. The third-order valence-electron chi connectivity index (χ3n) is 4.18. The van der Waals surface area contributed by atoms with Gasteiger partial charge in [0.2, 0.25) is 0 Å². The van der Waals surface area contributed by atoms with E-state index < -0.39 is 0 Å². The number of aliphatic imine (C=N–C) groups is 1. The van der Waals surface area contributed by atoms with Crippen LogP contribution >= 0.6 is 24.0 Å². The molecule has 1 heterocycles. The number of anilines is 1. The number of rotatable bonds is 5. The van der Waals surface area contributed by atoms with Gasteiger partial charge in [-0.3, -0.25) is 0 Å². The molecule has 0 bridgehead atoms. The van der Waals surface area contributed by atoms with Gasteiger partial charge in [-0.05, 0) is 36.2 Å². The number of benzene rings is 2. The van der Waals surface area contributed by atoms with Crippen LogP contribution in [-0.4, -0.2) is 22.6 Å². The minimum Gasteiger partial charge on any atom is -0.497 e. The summed E-state index contributed by atoms with van der Waals surface area (Å²) in [6, 6.07) is 14.0. The highest BCUT2D eigenvalue weighted by Gasteiger charge is 2.08. The number of nitrogens with two attached hydrogens (primary N) is 1. The van der Waals surface area contributed by atoms with Crippen molar-refractivity contribution in [2.45, 2.75) is 19.9 Å². The molecule has 3 N–H and O–H groups in total. The highest BCUT2D eigenvalue weighted by Crippen LogP contribution is 2.21. The van der Waals surface area contributed by atoms with E-state index in [2.05, 4.69) is 34.3 Å². The molecule has 3 aromatic rings. The van der Waals surface area contributed by atoms with Crippen molar-refractivity contribution in [2.24, 2.45) is 17.8 Å². The Bertz CT molecular complexity index is 919. The molecule has 3 rings (SSSR count). The molecule has 26 heavy (non-hydrogen) atoms. The Hall–Kier alpha value is -2.29. The number of fused-ring (bicyclic) bond motifs is 1. The molecular weight excluding hydrogens is 441 g/mol. The van der Waals surface area contributed by atoms with Gasteiger partial charge in [-0.1, -0.05) is 19.1 Å². The third-order valence-corrected chi connectivity index (χ3v) is 4.18. The number of guanidine groups is 1. The molecule has 2 aromatic carbocycles. The number of methoxy groups -OCH3 is 1. The number of halogens is 1. The lowest BCUT2D eigenvalue weighted by atomic mass is 10.1. The van der Waals surface area contributed by atoms with Crippen LogP contribution in [-0.2, 0) is 20.0 Å². The van der Waals surface area contributed by atoms with Crippen molar-refractivity contribution >= 4 is 46.7 Å². The standard InChI is InChI=1S/C19H23N5O.HI/c1-4-13-6-5-7-14(10-13)22-19(20)21-12-18-23-16-11-15(25-3)8-9-17(16)24(18)2;/h5-11H,4,12H2,1-3H3,(H3,20,21,22);1H. The van der Waals surface area contributed by atoms with Gasteiger partial charge in [-0.2, -0.15) is 0 Å². The summed E-state index contributed by atoms with van der Waals surface area (Å²) in [5.74, 6) is 2.01. The largest absolute Gasteiger partial charge is 0.497 e. The third kappa shape index (κ3) is 4.46. The van der Waals surface area contributed by atoms with Crippen LogP contribution in [0.25, 0.3) is 11.0 Å². The predicted molar refractivity (Wildman–Crippen MR) is 117 cm³/mol. The Morgan fingerprint density at radius 2 is 2.08 bits per heavy atom. The van der Waals surface area contributed by atoms with Crippen molar-refractivity contribution in [3.05, 3.63) is 53.9 Å². The summed E-state index contributed by atoms with van der Waals surface area (Å²) in [6.45, 7) is 2.52. The minimum absolute atomic E-state index is 0. The van der Waals surface area contributed by atoms with Gasteiger partial charge in [0.15, 0.2) is 5.96 Å². The van der Waals surface area contributed by atoms with Crippen molar-refractivity contribution < 1.29 is 4.74 Å². The van der Waals surface area contributed by atoms with Crippen LogP contribution in [0.5, 0.6) is 5.75 Å². The summed E-state index contributed by atoms with van der Waals surface area (Å²) in [5.41, 5.74) is 10.1.